The fourth-order valence-electron chi connectivity index (χ4n) is 2.43. The summed E-state index contributed by atoms with van der Waals surface area (Å²) in [4.78, 5) is 21.3. The van der Waals surface area contributed by atoms with Gasteiger partial charge in [0.1, 0.15) is 5.56 Å². The molecule has 1 atom stereocenters. The molecule has 1 aliphatic carbocycles. The largest absolute Gasteiger partial charge is 0.422 e. The van der Waals surface area contributed by atoms with Crippen LogP contribution in [0.3, 0.4) is 0 Å². The number of halogens is 3. The van der Waals surface area contributed by atoms with Crippen LogP contribution in [0, 0.1) is 16.0 Å². The summed E-state index contributed by atoms with van der Waals surface area (Å²) in [5, 5.41) is 10.9. The number of nitro benzene ring substituents is 1. The number of hydrogen-bond acceptors (Lipinski definition) is 3. The standard InChI is InChI=1S/C14H12F3NO3/c1-8-4-10(6-11(19)5-8)9-2-3-12(14(15,16)17)13(7-9)18(20)21/h2-3,6-8H,4-5H2,1H3/t8-/m0/s1. The van der Waals surface area contributed by atoms with Crippen LogP contribution in [0.4, 0.5) is 18.9 Å². The number of carbonyl (C=O) groups excluding carboxylic acids is 1. The zero-order chi connectivity index (χ0) is 15.8. The van der Waals surface area contributed by atoms with Crippen molar-refractivity contribution in [3.63, 3.8) is 0 Å². The Morgan fingerprint density at radius 2 is 1.95 bits per heavy atom. The van der Waals surface area contributed by atoms with Crippen LogP contribution >= 0.6 is 0 Å². The van der Waals surface area contributed by atoms with E-state index in [2.05, 4.69) is 0 Å². The van der Waals surface area contributed by atoms with Crippen molar-refractivity contribution in [3.05, 3.63) is 45.5 Å². The highest BCUT2D eigenvalue weighted by molar-refractivity contribution is 5.98. The van der Waals surface area contributed by atoms with Gasteiger partial charge in [0.15, 0.2) is 5.78 Å². The van der Waals surface area contributed by atoms with Crippen LogP contribution in [0.5, 0.6) is 0 Å². The summed E-state index contributed by atoms with van der Waals surface area (Å²) >= 11 is 0. The topological polar surface area (TPSA) is 60.2 Å². The highest BCUT2D eigenvalue weighted by atomic mass is 19.4. The molecule has 1 aromatic carbocycles. The van der Waals surface area contributed by atoms with Crippen LogP contribution in [-0.4, -0.2) is 10.7 Å². The van der Waals surface area contributed by atoms with Crippen LogP contribution in [0.15, 0.2) is 24.3 Å². The van der Waals surface area contributed by atoms with Crippen molar-refractivity contribution in [2.45, 2.75) is 25.9 Å². The second-order valence-electron chi connectivity index (χ2n) is 5.14. The molecule has 4 nitrogen and oxygen atoms in total. The van der Waals surface area contributed by atoms with E-state index in [0.29, 0.717) is 24.5 Å². The van der Waals surface area contributed by atoms with Gasteiger partial charge >= 0.3 is 6.18 Å². The third-order valence-electron chi connectivity index (χ3n) is 3.32. The molecule has 21 heavy (non-hydrogen) atoms. The number of nitro groups is 1. The predicted octanol–water partition coefficient (Wildman–Crippen LogP) is 4.00. The molecule has 0 fully saturated rings. The number of rotatable bonds is 2. The molecule has 0 heterocycles. The van der Waals surface area contributed by atoms with E-state index >= 15 is 0 Å². The fourth-order valence-corrected chi connectivity index (χ4v) is 2.43. The molecule has 7 heteroatoms. The van der Waals surface area contributed by atoms with Gasteiger partial charge in [0, 0.05) is 12.5 Å². The maximum atomic E-state index is 12.7. The van der Waals surface area contributed by atoms with Crippen LogP contribution in [0.1, 0.15) is 30.9 Å². The first-order valence-electron chi connectivity index (χ1n) is 6.28. The molecule has 0 unspecified atom stereocenters. The summed E-state index contributed by atoms with van der Waals surface area (Å²) in [5.41, 5.74) is -1.45. The molecule has 0 amide bonds. The maximum absolute atomic E-state index is 12.7. The number of ketones is 1. The third kappa shape index (κ3) is 3.29. The third-order valence-corrected chi connectivity index (χ3v) is 3.32. The van der Waals surface area contributed by atoms with Crippen LogP contribution < -0.4 is 0 Å². The zero-order valence-corrected chi connectivity index (χ0v) is 11.1. The van der Waals surface area contributed by atoms with Gasteiger partial charge in [-0.2, -0.15) is 13.2 Å². The van der Waals surface area contributed by atoms with Crippen molar-refractivity contribution >= 4 is 17.0 Å². The minimum atomic E-state index is -4.79. The average molecular weight is 299 g/mol. The van der Waals surface area contributed by atoms with Crippen molar-refractivity contribution in [2.24, 2.45) is 5.92 Å². The molecule has 1 aromatic rings. The van der Waals surface area contributed by atoms with E-state index in [1.807, 2.05) is 6.92 Å². The summed E-state index contributed by atoms with van der Waals surface area (Å²) in [6.45, 7) is 1.85. The Balaban J connectivity index is 2.51. The minimum Gasteiger partial charge on any atom is -0.295 e. The number of allylic oxidation sites excluding steroid dienone is 2. The van der Waals surface area contributed by atoms with E-state index in [4.69, 9.17) is 0 Å². The highest BCUT2D eigenvalue weighted by Crippen LogP contribution is 2.38. The first-order valence-corrected chi connectivity index (χ1v) is 6.28. The van der Waals surface area contributed by atoms with Crippen molar-refractivity contribution in [1.29, 1.82) is 0 Å². The normalized spacial score (nSPS) is 19.3. The monoisotopic (exact) mass is 299 g/mol. The lowest BCUT2D eigenvalue weighted by Crippen LogP contribution is -2.12. The molecule has 0 bridgehead atoms. The Labute approximate surface area is 118 Å². The van der Waals surface area contributed by atoms with Gasteiger partial charge in [-0.05, 0) is 35.6 Å². The summed E-state index contributed by atoms with van der Waals surface area (Å²) in [5.74, 6) is -0.0508. The van der Waals surface area contributed by atoms with E-state index in [-0.39, 0.29) is 17.3 Å². The predicted molar refractivity (Wildman–Crippen MR) is 69.5 cm³/mol. The van der Waals surface area contributed by atoms with Gasteiger partial charge in [0.25, 0.3) is 5.69 Å². The molecule has 0 saturated carbocycles. The molecule has 0 aromatic heterocycles. The molecule has 0 aliphatic heterocycles. The zero-order valence-electron chi connectivity index (χ0n) is 11.1. The van der Waals surface area contributed by atoms with Crippen molar-refractivity contribution in [3.8, 4) is 0 Å². The second kappa shape index (κ2) is 5.31. The summed E-state index contributed by atoms with van der Waals surface area (Å²) < 4.78 is 38.2. The van der Waals surface area contributed by atoms with Crippen LogP contribution in [0.25, 0.3) is 5.57 Å². The van der Waals surface area contributed by atoms with Crippen molar-refractivity contribution < 1.29 is 22.9 Å². The Morgan fingerprint density at radius 1 is 1.29 bits per heavy atom. The van der Waals surface area contributed by atoms with Crippen LogP contribution in [0.2, 0.25) is 0 Å². The van der Waals surface area contributed by atoms with Crippen molar-refractivity contribution in [1.82, 2.24) is 0 Å². The Morgan fingerprint density at radius 3 is 2.48 bits per heavy atom. The fraction of sp³-hybridized carbons (Fsp3) is 0.357. The van der Waals surface area contributed by atoms with Gasteiger partial charge in [-0.15, -0.1) is 0 Å². The van der Waals surface area contributed by atoms with Gasteiger partial charge in [-0.1, -0.05) is 13.0 Å². The lowest BCUT2D eigenvalue weighted by atomic mass is 9.86. The summed E-state index contributed by atoms with van der Waals surface area (Å²) in [6.07, 6.45) is -2.54. The maximum Gasteiger partial charge on any atom is 0.422 e. The first-order chi connectivity index (χ1) is 9.68. The van der Waals surface area contributed by atoms with Gasteiger partial charge in [-0.3, -0.25) is 14.9 Å². The second-order valence-corrected chi connectivity index (χ2v) is 5.14. The van der Waals surface area contributed by atoms with Gasteiger partial charge in [0.05, 0.1) is 4.92 Å². The molecular weight excluding hydrogens is 287 g/mol. The Kier molecular flexibility index (Phi) is 3.85. The molecule has 0 spiro atoms. The number of carbonyl (C=O) groups is 1. The highest BCUT2D eigenvalue weighted by Gasteiger charge is 2.38. The van der Waals surface area contributed by atoms with E-state index < -0.39 is 22.4 Å². The average Bonchev–Trinajstić information content (AvgIpc) is 2.35. The number of benzene rings is 1. The summed E-state index contributed by atoms with van der Waals surface area (Å²) in [6, 6.07) is 2.75. The van der Waals surface area contributed by atoms with E-state index in [9.17, 15) is 28.1 Å². The van der Waals surface area contributed by atoms with Gasteiger partial charge in [0.2, 0.25) is 0 Å². The Bertz CT molecular complexity index is 635. The SMILES string of the molecule is C[C@@H]1CC(=O)C=C(c2ccc(C(F)(F)F)c([N+](=O)[O-])c2)C1. The number of alkyl halides is 3. The van der Waals surface area contributed by atoms with E-state index in [1.54, 1.807) is 0 Å². The molecular formula is C14H12F3NO3. The first kappa shape index (κ1) is 15.2. The molecule has 2 rings (SSSR count). The van der Waals surface area contributed by atoms with Crippen molar-refractivity contribution in [2.75, 3.05) is 0 Å². The molecule has 1 aliphatic rings. The number of hydrogen-bond donors (Lipinski definition) is 0. The molecule has 0 radical (unpaired) electrons. The summed E-state index contributed by atoms with van der Waals surface area (Å²) in [7, 11) is 0. The smallest absolute Gasteiger partial charge is 0.295 e. The molecule has 0 saturated heterocycles. The molecule has 0 N–H and O–H groups in total. The minimum absolute atomic E-state index is 0.0684. The van der Waals surface area contributed by atoms with E-state index in [0.717, 1.165) is 6.07 Å². The van der Waals surface area contributed by atoms with E-state index in [1.165, 1.54) is 12.1 Å². The number of nitrogens with zero attached hydrogens (tertiary/aromatic N) is 1. The van der Waals surface area contributed by atoms with Gasteiger partial charge in [-0.25, -0.2) is 0 Å². The molecule has 112 valence electrons. The Hall–Kier alpha value is -2.18. The quantitative estimate of drug-likeness (QED) is 0.612. The van der Waals surface area contributed by atoms with Gasteiger partial charge < -0.3 is 0 Å². The van der Waals surface area contributed by atoms with Crippen LogP contribution in [-0.2, 0) is 11.0 Å². The lowest BCUT2D eigenvalue weighted by Gasteiger charge is -2.19. The lowest BCUT2D eigenvalue weighted by molar-refractivity contribution is -0.388.